The molecule has 1 aromatic heterocycles. The molecule has 2 aromatic carbocycles. The molecule has 1 heterocycles. The first-order valence-corrected chi connectivity index (χ1v) is 8.43. The number of benzene rings is 2. The predicted octanol–water partition coefficient (Wildman–Crippen LogP) is 4.57. The molecule has 3 rings (SSSR count). The van der Waals surface area contributed by atoms with Crippen molar-refractivity contribution in [3.63, 3.8) is 0 Å². The van der Waals surface area contributed by atoms with E-state index in [4.69, 9.17) is 0 Å². The normalized spacial score (nSPS) is 10.6. The summed E-state index contributed by atoms with van der Waals surface area (Å²) >= 11 is 1.32. The fourth-order valence-electron chi connectivity index (χ4n) is 2.13. The Labute approximate surface area is 143 Å². The van der Waals surface area contributed by atoms with Gasteiger partial charge in [0.2, 0.25) is 0 Å². The van der Waals surface area contributed by atoms with Crippen LogP contribution in [0.1, 0.15) is 15.9 Å². The molecule has 0 fully saturated rings. The summed E-state index contributed by atoms with van der Waals surface area (Å²) in [4.78, 5) is 12.1. The summed E-state index contributed by atoms with van der Waals surface area (Å²) in [5.41, 5.74) is 3.49. The average molecular weight is 338 g/mol. The van der Waals surface area contributed by atoms with E-state index in [1.165, 1.54) is 41.6 Å². The van der Waals surface area contributed by atoms with Crippen LogP contribution in [-0.4, -0.2) is 21.7 Å². The number of aromatic nitrogens is 2. The largest absolute Gasteiger partial charge is 0.293 e. The molecular weight excluding hydrogens is 323 g/mol. The summed E-state index contributed by atoms with van der Waals surface area (Å²) in [5.74, 6) is -0.175. The Morgan fingerprint density at radius 3 is 2.29 bits per heavy atom. The standard InChI is InChI=1S/C19H15FN2OS/c1-13-2-4-14(5-3-13)17-10-11-19(22-21-17)24-12-18(23)15-6-8-16(20)9-7-15/h2-11H,12H2,1H3. The number of ketones is 1. The van der Waals surface area contributed by atoms with Crippen molar-refractivity contribution in [3.05, 3.63) is 77.6 Å². The van der Waals surface area contributed by atoms with Gasteiger partial charge in [-0.05, 0) is 43.3 Å². The van der Waals surface area contributed by atoms with Gasteiger partial charge in [-0.25, -0.2) is 4.39 Å². The van der Waals surface area contributed by atoms with Crippen molar-refractivity contribution in [2.24, 2.45) is 0 Å². The highest BCUT2D eigenvalue weighted by Crippen LogP contribution is 2.21. The van der Waals surface area contributed by atoms with Crippen LogP contribution in [0.2, 0.25) is 0 Å². The minimum absolute atomic E-state index is 0.0654. The molecule has 120 valence electrons. The third kappa shape index (κ3) is 4.06. The molecule has 0 saturated carbocycles. The molecule has 0 atom stereocenters. The first-order chi connectivity index (χ1) is 11.6. The van der Waals surface area contributed by atoms with Crippen LogP contribution in [0, 0.1) is 12.7 Å². The Balaban J connectivity index is 1.63. The van der Waals surface area contributed by atoms with Crippen LogP contribution in [-0.2, 0) is 0 Å². The van der Waals surface area contributed by atoms with Crippen LogP contribution >= 0.6 is 11.8 Å². The van der Waals surface area contributed by atoms with Crippen molar-refractivity contribution in [1.82, 2.24) is 10.2 Å². The molecular formula is C19H15FN2OS. The highest BCUT2D eigenvalue weighted by Gasteiger charge is 2.08. The fraction of sp³-hybridized carbons (Fsp3) is 0.105. The third-order valence-electron chi connectivity index (χ3n) is 3.50. The number of halogens is 1. The second-order valence-corrected chi connectivity index (χ2v) is 6.34. The van der Waals surface area contributed by atoms with Gasteiger partial charge >= 0.3 is 0 Å². The van der Waals surface area contributed by atoms with E-state index in [0.29, 0.717) is 10.6 Å². The van der Waals surface area contributed by atoms with E-state index in [1.54, 1.807) is 0 Å². The van der Waals surface area contributed by atoms with Crippen LogP contribution < -0.4 is 0 Å². The summed E-state index contributed by atoms with van der Waals surface area (Å²) < 4.78 is 12.9. The highest BCUT2D eigenvalue weighted by molar-refractivity contribution is 7.99. The molecule has 0 spiro atoms. The van der Waals surface area contributed by atoms with Crippen molar-refractivity contribution >= 4 is 17.5 Å². The van der Waals surface area contributed by atoms with Crippen molar-refractivity contribution in [1.29, 1.82) is 0 Å². The van der Waals surface area contributed by atoms with E-state index in [9.17, 15) is 9.18 Å². The summed E-state index contributed by atoms with van der Waals surface area (Å²) in [6, 6.07) is 17.4. The van der Waals surface area contributed by atoms with Gasteiger partial charge in [-0.15, -0.1) is 10.2 Å². The zero-order valence-electron chi connectivity index (χ0n) is 13.1. The SMILES string of the molecule is Cc1ccc(-c2ccc(SCC(=O)c3ccc(F)cc3)nn2)cc1. The molecule has 0 N–H and O–H groups in total. The molecule has 0 amide bonds. The Morgan fingerprint density at radius 1 is 0.958 bits per heavy atom. The highest BCUT2D eigenvalue weighted by atomic mass is 32.2. The summed E-state index contributed by atoms with van der Waals surface area (Å²) in [6.07, 6.45) is 0. The van der Waals surface area contributed by atoms with Gasteiger partial charge in [-0.2, -0.15) is 0 Å². The number of hydrogen-bond acceptors (Lipinski definition) is 4. The van der Waals surface area contributed by atoms with Gasteiger partial charge in [0, 0.05) is 11.1 Å². The molecule has 0 unspecified atom stereocenters. The maximum Gasteiger partial charge on any atom is 0.173 e. The van der Waals surface area contributed by atoms with E-state index < -0.39 is 0 Å². The van der Waals surface area contributed by atoms with E-state index >= 15 is 0 Å². The topological polar surface area (TPSA) is 42.9 Å². The lowest BCUT2D eigenvalue weighted by Gasteiger charge is -2.03. The number of thioether (sulfide) groups is 1. The maximum atomic E-state index is 12.9. The van der Waals surface area contributed by atoms with Crippen LogP contribution in [0.4, 0.5) is 4.39 Å². The monoisotopic (exact) mass is 338 g/mol. The molecule has 5 heteroatoms. The van der Waals surface area contributed by atoms with E-state index in [-0.39, 0.29) is 17.4 Å². The fourth-order valence-corrected chi connectivity index (χ4v) is 2.84. The van der Waals surface area contributed by atoms with Crippen LogP contribution in [0.3, 0.4) is 0 Å². The summed E-state index contributed by atoms with van der Waals surface area (Å²) in [7, 11) is 0. The maximum absolute atomic E-state index is 12.9. The number of nitrogens with zero attached hydrogens (tertiary/aromatic N) is 2. The second-order valence-electron chi connectivity index (χ2n) is 5.34. The number of Topliss-reactive ketones (excluding diaryl/α,β-unsaturated/α-hetero) is 1. The Kier molecular flexibility index (Phi) is 5.01. The van der Waals surface area contributed by atoms with Gasteiger partial charge in [-0.3, -0.25) is 4.79 Å². The van der Waals surface area contributed by atoms with Gasteiger partial charge in [0.1, 0.15) is 10.8 Å². The molecule has 0 bridgehead atoms. The minimum atomic E-state index is -0.350. The predicted molar refractivity (Wildman–Crippen MR) is 93.7 cm³/mol. The number of rotatable bonds is 5. The Bertz CT molecular complexity index is 831. The lowest BCUT2D eigenvalue weighted by molar-refractivity contribution is 0.102. The van der Waals surface area contributed by atoms with Gasteiger partial charge in [0.15, 0.2) is 5.78 Å². The smallest absolute Gasteiger partial charge is 0.173 e. The first kappa shape index (κ1) is 16.3. The quantitative estimate of drug-likeness (QED) is 0.505. The Hall–Kier alpha value is -2.53. The number of carbonyl (C=O) groups is 1. The third-order valence-corrected chi connectivity index (χ3v) is 4.42. The van der Waals surface area contributed by atoms with Gasteiger partial charge in [0.05, 0.1) is 11.4 Å². The van der Waals surface area contributed by atoms with E-state index in [0.717, 1.165) is 11.3 Å². The molecule has 0 aliphatic carbocycles. The Morgan fingerprint density at radius 2 is 1.67 bits per heavy atom. The number of aryl methyl sites for hydroxylation is 1. The zero-order chi connectivity index (χ0) is 16.9. The molecule has 0 aliphatic rings. The van der Waals surface area contributed by atoms with Crippen LogP contribution in [0.5, 0.6) is 0 Å². The van der Waals surface area contributed by atoms with Gasteiger partial charge < -0.3 is 0 Å². The summed E-state index contributed by atoms with van der Waals surface area (Å²) in [5, 5.41) is 9.05. The lowest BCUT2D eigenvalue weighted by atomic mass is 10.1. The number of hydrogen-bond donors (Lipinski definition) is 0. The van der Waals surface area contributed by atoms with Crippen LogP contribution in [0.25, 0.3) is 11.3 Å². The second kappa shape index (κ2) is 7.36. The first-order valence-electron chi connectivity index (χ1n) is 7.44. The van der Waals surface area contributed by atoms with Gasteiger partial charge in [-0.1, -0.05) is 41.6 Å². The van der Waals surface area contributed by atoms with Crippen molar-refractivity contribution < 1.29 is 9.18 Å². The van der Waals surface area contributed by atoms with Crippen molar-refractivity contribution in [2.45, 2.75) is 11.9 Å². The molecule has 0 radical (unpaired) electrons. The van der Waals surface area contributed by atoms with Gasteiger partial charge in [0.25, 0.3) is 0 Å². The average Bonchev–Trinajstić information content (AvgIpc) is 2.61. The molecule has 3 aromatic rings. The van der Waals surface area contributed by atoms with E-state index in [2.05, 4.69) is 10.2 Å². The molecule has 24 heavy (non-hydrogen) atoms. The lowest BCUT2D eigenvalue weighted by Crippen LogP contribution is -2.02. The molecule has 3 nitrogen and oxygen atoms in total. The molecule has 0 saturated heterocycles. The van der Waals surface area contributed by atoms with Crippen molar-refractivity contribution in [2.75, 3.05) is 5.75 Å². The zero-order valence-corrected chi connectivity index (χ0v) is 13.9. The van der Waals surface area contributed by atoms with E-state index in [1.807, 2.05) is 43.3 Å². The minimum Gasteiger partial charge on any atom is -0.293 e. The molecule has 0 aliphatic heterocycles. The van der Waals surface area contributed by atoms with Crippen molar-refractivity contribution in [3.8, 4) is 11.3 Å². The van der Waals surface area contributed by atoms with Crippen LogP contribution in [0.15, 0.2) is 65.7 Å². The summed E-state index contributed by atoms with van der Waals surface area (Å²) in [6.45, 7) is 2.04. The number of carbonyl (C=O) groups excluding carboxylic acids is 1.